The first-order chi connectivity index (χ1) is 29.7. The molecule has 0 heterocycles. The zero-order valence-electron chi connectivity index (χ0n) is 32.8. The summed E-state index contributed by atoms with van der Waals surface area (Å²) >= 11 is 12.2. The van der Waals surface area contributed by atoms with E-state index in [1.807, 2.05) is 0 Å². The second-order valence-electron chi connectivity index (χ2n) is 13.7. The van der Waals surface area contributed by atoms with E-state index in [1.165, 1.54) is 44.2 Å². The Morgan fingerprint density at radius 2 is 0.766 bits per heavy atom. The van der Waals surface area contributed by atoms with Gasteiger partial charge >= 0.3 is 25.1 Å². The summed E-state index contributed by atoms with van der Waals surface area (Å²) in [6.07, 6.45) is -22.7. The minimum Gasteiger partial charge on any atom is -0.492 e. The van der Waals surface area contributed by atoms with Crippen molar-refractivity contribution in [2.75, 3.05) is 14.2 Å². The molecule has 0 aliphatic carbocycles. The Labute approximate surface area is 363 Å². The Hall–Kier alpha value is -5.88. The SMILES string of the molecule is COc1c(-c2cccc(OC(F)(F)F)c2OC(F)(F)F)ccc(-c2ccc(-c3ccc(-c4ccc(-c5cccc(Cl)c5Cl)c(F)c4F)c(C)c3C)c(C(F)(F)F)c2C(F)(F)F)c1OC. The largest absolute Gasteiger partial charge is 0.573 e. The number of methoxy groups -OCH3 is 2. The summed E-state index contributed by atoms with van der Waals surface area (Å²) in [4.78, 5) is 0. The highest BCUT2D eigenvalue weighted by molar-refractivity contribution is 6.43. The van der Waals surface area contributed by atoms with Crippen LogP contribution in [0.3, 0.4) is 0 Å². The topological polar surface area (TPSA) is 36.9 Å². The molecule has 0 atom stereocenters. The van der Waals surface area contributed by atoms with Gasteiger partial charge in [-0.05, 0) is 71.5 Å². The molecule has 0 unspecified atom stereocenters. The molecule has 0 saturated carbocycles. The van der Waals surface area contributed by atoms with Gasteiger partial charge < -0.3 is 18.9 Å². The van der Waals surface area contributed by atoms with Gasteiger partial charge in [0.25, 0.3) is 0 Å². The standard InChI is InChI=1S/C44H26Cl2F14O4/c1-19-20(2)22(26-15-16-27(37(48)36(26)47)25-7-5-9-31(45)35(25)46)12-11-21(19)23-13-14-24(34(42(52,53)54)33(23)41(49,50)51)29-17-18-30(40(62-4)39(29)61-3)28-8-6-10-32(63-43(55,56)57)38(28)64-44(58,59)60/h5-18H,1-4H3. The number of ether oxygens (including phenoxy) is 4. The second-order valence-corrected chi connectivity index (χ2v) is 14.4. The first kappa shape index (κ1) is 47.6. The lowest BCUT2D eigenvalue weighted by molar-refractivity contribution is -0.287. The Balaban J connectivity index is 1.56. The van der Waals surface area contributed by atoms with Gasteiger partial charge in [0.1, 0.15) is 0 Å². The monoisotopic (exact) mass is 954 g/mol. The molecule has 20 heteroatoms. The van der Waals surface area contributed by atoms with Crippen LogP contribution >= 0.6 is 23.2 Å². The summed E-state index contributed by atoms with van der Waals surface area (Å²) in [6.45, 7) is 2.61. The maximum atomic E-state index is 15.8. The highest BCUT2D eigenvalue weighted by Gasteiger charge is 2.48. The van der Waals surface area contributed by atoms with E-state index in [1.54, 1.807) is 0 Å². The van der Waals surface area contributed by atoms with Gasteiger partial charge in [-0.25, -0.2) is 8.78 Å². The Kier molecular flexibility index (Phi) is 12.8. The van der Waals surface area contributed by atoms with E-state index < -0.39 is 98.7 Å². The van der Waals surface area contributed by atoms with Crippen molar-refractivity contribution in [2.45, 2.75) is 38.9 Å². The summed E-state index contributed by atoms with van der Waals surface area (Å²) in [6, 6.07) is 13.8. The number of hydrogen-bond donors (Lipinski definition) is 0. The van der Waals surface area contributed by atoms with Gasteiger partial charge in [-0.3, -0.25) is 0 Å². The van der Waals surface area contributed by atoms with E-state index in [-0.39, 0.29) is 49.0 Å². The molecule has 0 N–H and O–H groups in total. The summed E-state index contributed by atoms with van der Waals surface area (Å²) in [5.74, 6) is -7.25. The lowest BCUT2D eigenvalue weighted by Crippen LogP contribution is -2.21. The fraction of sp³-hybridized carbons (Fsp3) is 0.182. The smallest absolute Gasteiger partial charge is 0.492 e. The molecule has 0 fully saturated rings. The highest BCUT2D eigenvalue weighted by Crippen LogP contribution is 2.55. The van der Waals surface area contributed by atoms with Gasteiger partial charge in [-0.15, -0.1) is 26.3 Å². The van der Waals surface area contributed by atoms with E-state index in [2.05, 4.69) is 9.47 Å². The zero-order valence-corrected chi connectivity index (χ0v) is 34.3. The molecular formula is C44H26Cl2F14O4. The van der Waals surface area contributed by atoms with Gasteiger partial charge in [-0.1, -0.05) is 83.9 Å². The molecule has 64 heavy (non-hydrogen) atoms. The van der Waals surface area contributed by atoms with Crippen LogP contribution in [0, 0.1) is 25.5 Å². The predicted molar refractivity (Wildman–Crippen MR) is 210 cm³/mol. The first-order valence-electron chi connectivity index (χ1n) is 17.9. The number of alkyl halides is 12. The molecule has 0 spiro atoms. The van der Waals surface area contributed by atoms with Crippen LogP contribution in [-0.4, -0.2) is 26.9 Å². The van der Waals surface area contributed by atoms with Crippen LogP contribution in [0.25, 0.3) is 55.6 Å². The average Bonchev–Trinajstić information content (AvgIpc) is 3.19. The minimum atomic E-state index is -5.79. The highest BCUT2D eigenvalue weighted by atomic mass is 35.5. The second kappa shape index (κ2) is 17.3. The molecule has 0 aliphatic heterocycles. The van der Waals surface area contributed by atoms with Crippen LogP contribution < -0.4 is 18.9 Å². The maximum absolute atomic E-state index is 15.8. The number of halogens is 16. The van der Waals surface area contributed by atoms with Gasteiger partial charge in [0.15, 0.2) is 34.6 Å². The van der Waals surface area contributed by atoms with Crippen LogP contribution in [-0.2, 0) is 12.4 Å². The number of benzene rings is 6. The van der Waals surface area contributed by atoms with Crippen LogP contribution in [0.5, 0.6) is 23.0 Å². The molecule has 6 aromatic rings. The Bertz CT molecular complexity index is 2780. The normalized spacial score (nSPS) is 12.4. The van der Waals surface area contributed by atoms with Crippen molar-refractivity contribution >= 4 is 23.2 Å². The van der Waals surface area contributed by atoms with Gasteiger partial charge in [0, 0.05) is 33.4 Å². The van der Waals surface area contributed by atoms with Gasteiger partial charge in [0.05, 0.1) is 35.4 Å². The quantitative estimate of drug-likeness (QED) is 0.135. The third kappa shape index (κ3) is 9.20. The van der Waals surface area contributed by atoms with Crippen molar-refractivity contribution in [2.24, 2.45) is 0 Å². The van der Waals surface area contributed by atoms with Crippen LogP contribution in [0.4, 0.5) is 61.5 Å². The first-order valence-corrected chi connectivity index (χ1v) is 18.7. The van der Waals surface area contributed by atoms with Crippen molar-refractivity contribution in [3.8, 4) is 78.6 Å². The summed E-state index contributed by atoms with van der Waals surface area (Å²) in [5.41, 5.74) is -9.60. The molecule has 338 valence electrons. The third-order valence-corrected chi connectivity index (χ3v) is 10.8. The lowest BCUT2D eigenvalue weighted by Gasteiger charge is -2.26. The van der Waals surface area contributed by atoms with Crippen molar-refractivity contribution in [1.29, 1.82) is 0 Å². The molecule has 6 aromatic carbocycles. The van der Waals surface area contributed by atoms with E-state index in [0.717, 1.165) is 56.7 Å². The molecule has 0 aromatic heterocycles. The molecule has 4 nitrogen and oxygen atoms in total. The minimum absolute atomic E-state index is 0.0150. The summed E-state index contributed by atoms with van der Waals surface area (Å²) in [5, 5.41) is -0.00892. The Morgan fingerprint density at radius 3 is 1.23 bits per heavy atom. The zero-order chi connectivity index (χ0) is 47.4. The molecule has 0 amide bonds. The van der Waals surface area contributed by atoms with Crippen molar-refractivity contribution < 1.29 is 80.4 Å². The molecule has 6 rings (SSSR count). The molecular weight excluding hydrogens is 929 g/mol. The van der Waals surface area contributed by atoms with Crippen molar-refractivity contribution in [1.82, 2.24) is 0 Å². The fourth-order valence-electron chi connectivity index (χ4n) is 7.27. The van der Waals surface area contributed by atoms with E-state index in [4.69, 9.17) is 32.7 Å². The fourth-order valence-corrected chi connectivity index (χ4v) is 7.67. The van der Waals surface area contributed by atoms with Gasteiger partial charge in [-0.2, -0.15) is 26.3 Å². The maximum Gasteiger partial charge on any atom is 0.573 e. The van der Waals surface area contributed by atoms with Crippen LogP contribution in [0.2, 0.25) is 10.0 Å². The number of para-hydroxylation sites is 1. The van der Waals surface area contributed by atoms with E-state index in [0.29, 0.717) is 12.1 Å². The molecule has 0 aliphatic rings. The summed E-state index contributed by atoms with van der Waals surface area (Å²) < 4.78 is 221. The van der Waals surface area contributed by atoms with E-state index >= 15 is 35.1 Å². The van der Waals surface area contributed by atoms with Gasteiger partial charge in [0.2, 0.25) is 0 Å². The predicted octanol–water partition coefficient (Wildman–Crippen LogP) is 16.1. The number of hydrogen-bond acceptors (Lipinski definition) is 4. The molecule has 0 bridgehead atoms. The lowest BCUT2D eigenvalue weighted by atomic mass is 9.84. The molecule has 0 saturated heterocycles. The van der Waals surface area contributed by atoms with Crippen molar-refractivity contribution in [3.63, 3.8) is 0 Å². The Morgan fingerprint density at radius 1 is 0.406 bits per heavy atom. The van der Waals surface area contributed by atoms with E-state index in [9.17, 15) is 26.3 Å². The number of rotatable bonds is 9. The van der Waals surface area contributed by atoms with Crippen LogP contribution in [0.1, 0.15) is 22.3 Å². The average molecular weight is 956 g/mol. The molecule has 0 radical (unpaired) electrons. The third-order valence-electron chi connectivity index (χ3n) is 9.99. The van der Waals surface area contributed by atoms with Crippen molar-refractivity contribution in [3.05, 3.63) is 129 Å². The summed E-state index contributed by atoms with van der Waals surface area (Å²) in [7, 11) is 1.70. The van der Waals surface area contributed by atoms with Crippen LogP contribution in [0.15, 0.2) is 84.9 Å².